The van der Waals surface area contributed by atoms with Gasteiger partial charge in [0, 0.05) is 11.6 Å². The van der Waals surface area contributed by atoms with Gasteiger partial charge in [0.1, 0.15) is 12.7 Å². The van der Waals surface area contributed by atoms with Gasteiger partial charge in [0.05, 0.1) is 0 Å². The molecule has 2 atom stereocenters. The summed E-state index contributed by atoms with van der Waals surface area (Å²) < 4.78 is 9.85. The number of carbonyl (C=O) groups is 2. The normalized spacial score (nSPS) is 13.4. The molecule has 5 heteroatoms. The molecule has 5 nitrogen and oxygen atoms in total. The van der Waals surface area contributed by atoms with E-state index in [1.807, 2.05) is 13.8 Å². The van der Waals surface area contributed by atoms with Gasteiger partial charge in [-0.1, -0.05) is 13.5 Å². The van der Waals surface area contributed by atoms with Gasteiger partial charge in [0.15, 0.2) is 0 Å². The van der Waals surface area contributed by atoms with Crippen LogP contribution in [0, 0.1) is 0 Å². The molecule has 0 rings (SSSR count). The summed E-state index contributed by atoms with van der Waals surface area (Å²) in [5, 5.41) is 2.65. The van der Waals surface area contributed by atoms with Gasteiger partial charge in [-0.2, -0.15) is 0 Å². The summed E-state index contributed by atoms with van der Waals surface area (Å²) in [5.74, 6) is -0.484. The zero-order valence-corrected chi connectivity index (χ0v) is 10.9. The Morgan fingerprint density at radius 2 is 1.94 bits per heavy atom. The minimum atomic E-state index is -0.502. The van der Waals surface area contributed by atoms with E-state index in [0.717, 1.165) is 6.42 Å². The van der Waals surface area contributed by atoms with Crippen LogP contribution in [0.15, 0.2) is 12.2 Å². The number of nitrogens with one attached hydrogen (secondary N) is 1. The second-order valence-electron chi connectivity index (χ2n) is 4.05. The largest absolute Gasteiger partial charge is 0.458 e. The molecule has 0 fully saturated rings. The van der Waals surface area contributed by atoms with Crippen molar-refractivity contribution in [2.24, 2.45) is 0 Å². The number of alkyl carbamates (subject to hydrolysis) is 1. The fourth-order valence-corrected chi connectivity index (χ4v) is 0.870. The van der Waals surface area contributed by atoms with E-state index in [0.29, 0.717) is 5.57 Å². The summed E-state index contributed by atoms with van der Waals surface area (Å²) in [7, 11) is 0. The number of esters is 1. The van der Waals surface area contributed by atoms with Crippen molar-refractivity contribution in [1.82, 2.24) is 5.32 Å². The van der Waals surface area contributed by atoms with Crippen molar-refractivity contribution in [2.75, 3.05) is 6.61 Å². The maximum atomic E-state index is 11.3. The Hall–Kier alpha value is -1.52. The fourth-order valence-electron chi connectivity index (χ4n) is 0.870. The Balaban J connectivity index is 3.86. The van der Waals surface area contributed by atoms with E-state index in [2.05, 4.69) is 11.9 Å². The molecule has 0 aliphatic heterocycles. The highest BCUT2D eigenvalue weighted by molar-refractivity contribution is 5.86. The molecule has 0 bridgehead atoms. The van der Waals surface area contributed by atoms with Gasteiger partial charge < -0.3 is 14.8 Å². The third kappa shape index (κ3) is 7.38. The summed E-state index contributed by atoms with van der Waals surface area (Å²) in [6.07, 6.45) is -0.158. The van der Waals surface area contributed by atoms with Crippen molar-refractivity contribution < 1.29 is 19.1 Å². The van der Waals surface area contributed by atoms with Crippen LogP contribution in [-0.2, 0) is 14.3 Å². The van der Waals surface area contributed by atoms with Crippen LogP contribution in [-0.4, -0.2) is 30.8 Å². The molecule has 1 N–H and O–H groups in total. The first-order chi connectivity index (χ1) is 7.86. The van der Waals surface area contributed by atoms with E-state index < -0.39 is 18.2 Å². The van der Waals surface area contributed by atoms with Crippen LogP contribution in [0.3, 0.4) is 0 Å². The van der Waals surface area contributed by atoms with E-state index in [4.69, 9.17) is 9.47 Å². The lowest BCUT2D eigenvalue weighted by Gasteiger charge is -2.16. The lowest BCUT2D eigenvalue weighted by Crippen LogP contribution is -2.35. The van der Waals surface area contributed by atoms with Crippen molar-refractivity contribution in [3.8, 4) is 0 Å². The van der Waals surface area contributed by atoms with Gasteiger partial charge in [0.25, 0.3) is 0 Å². The van der Waals surface area contributed by atoms with E-state index in [9.17, 15) is 9.59 Å². The second-order valence-corrected chi connectivity index (χ2v) is 4.05. The molecule has 0 spiro atoms. The van der Waals surface area contributed by atoms with Crippen LogP contribution in [0.5, 0.6) is 0 Å². The molecule has 17 heavy (non-hydrogen) atoms. The molecule has 0 aromatic carbocycles. The van der Waals surface area contributed by atoms with Gasteiger partial charge >= 0.3 is 12.1 Å². The number of hydrogen-bond acceptors (Lipinski definition) is 4. The molecule has 0 aliphatic carbocycles. The van der Waals surface area contributed by atoms with Crippen LogP contribution in [0.1, 0.15) is 34.1 Å². The summed E-state index contributed by atoms with van der Waals surface area (Å²) in [5.41, 5.74) is 0.321. The quantitative estimate of drug-likeness (QED) is 0.572. The van der Waals surface area contributed by atoms with Gasteiger partial charge in [0.2, 0.25) is 0 Å². The molecule has 98 valence electrons. The zero-order valence-electron chi connectivity index (χ0n) is 10.9. The van der Waals surface area contributed by atoms with Crippen LogP contribution in [0.2, 0.25) is 0 Å². The first-order valence-electron chi connectivity index (χ1n) is 5.66. The fraction of sp³-hybridized carbons (Fsp3) is 0.667. The van der Waals surface area contributed by atoms with Crippen LogP contribution in [0.4, 0.5) is 4.79 Å². The van der Waals surface area contributed by atoms with Gasteiger partial charge in [-0.3, -0.25) is 0 Å². The van der Waals surface area contributed by atoms with Crippen LogP contribution in [0.25, 0.3) is 0 Å². The van der Waals surface area contributed by atoms with Crippen molar-refractivity contribution in [1.29, 1.82) is 0 Å². The Morgan fingerprint density at radius 1 is 1.35 bits per heavy atom. The molecule has 1 amide bonds. The highest BCUT2D eigenvalue weighted by Crippen LogP contribution is 1.98. The van der Waals surface area contributed by atoms with Gasteiger partial charge in [-0.25, -0.2) is 9.59 Å². The number of rotatable bonds is 6. The molecule has 0 aromatic heterocycles. The molecule has 0 heterocycles. The van der Waals surface area contributed by atoms with Crippen LogP contribution >= 0.6 is 0 Å². The number of carbonyl (C=O) groups excluding carboxylic acids is 2. The van der Waals surface area contributed by atoms with Crippen molar-refractivity contribution in [3.05, 3.63) is 12.2 Å². The van der Waals surface area contributed by atoms with Crippen molar-refractivity contribution >= 4 is 12.1 Å². The van der Waals surface area contributed by atoms with E-state index >= 15 is 0 Å². The maximum Gasteiger partial charge on any atom is 0.407 e. The minimum absolute atomic E-state index is 0.0274. The van der Waals surface area contributed by atoms with Crippen LogP contribution < -0.4 is 5.32 Å². The van der Waals surface area contributed by atoms with Gasteiger partial charge in [-0.05, 0) is 27.2 Å². The molecule has 0 saturated heterocycles. The molecular formula is C12H21NO4. The minimum Gasteiger partial charge on any atom is -0.458 e. The highest BCUT2D eigenvalue weighted by atomic mass is 16.6. The lowest BCUT2D eigenvalue weighted by molar-refractivity contribution is -0.141. The average molecular weight is 243 g/mol. The second kappa shape index (κ2) is 7.70. The summed E-state index contributed by atoms with van der Waals surface area (Å²) >= 11 is 0. The molecule has 0 aliphatic rings. The van der Waals surface area contributed by atoms with Gasteiger partial charge in [-0.15, -0.1) is 0 Å². The first kappa shape index (κ1) is 15.5. The Labute approximate surface area is 102 Å². The molecule has 0 aromatic rings. The third-order valence-electron chi connectivity index (χ3n) is 2.08. The maximum absolute atomic E-state index is 11.3. The summed E-state index contributed by atoms with van der Waals surface area (Å²) in [6.45, 7) is 10.5. The highest BCUT2D eigenvalue weighted by Gasteiger charge is 2.13. The summed E-state index contributed by atoms with van der Waals surface area (Å²) in [6, 6.07) is 0.0627. The number of hydrogen-bond donors (Lipinski definition) is 1. The lowest BCUT2D eigenvalue weighted by atomic mass is 10.3. The van der Waals surface area contributed by atoms with Crippen molar-refractivity contribution in [2.45, 2.75) is 46.3 Å². The predicted octanol–water partition coefficient (Wildman–Crippen LogP) is 2.02. The smallest absolute Gasteiger partial charge is 0.407 e. The topological polar surface area (TPSA) is 64.6 Å². The van der Waals surface area contributed by atoms with E-state index in [-0.39, 0.29) is 12.6 Å². The molecule has 0 radical (unpaired) electrons. The average Bonchev–Trinajstić information content (AvgIpc) is 2.25. The van der Waals surface area contributed by atoms with E-state index in [1.165, 1.54) is 0 Å². The molecular weight excluding hydrogens is 222 g/mol. The SMILES string of the molecule is C=C(C)C(=O)OCC(C)OC(=O)NC(C)CC. The monoisotopic (exact) mass is 243 g/mol. The molecule has 2 unspecified atom stereocenters. The van der Waals surface area contributed by atoms with Crippen molar-refractivity contribution in [3.63, 3.8) is 0 Å². The van der Waals surface area contributed by atoms with E-state index in [1.54, 1.807) is 13.8 Å². The first-order valence-corrected chi connectivity index (χ1v) is 5.66. The zero-order chi connectivity index (χ0) is 13.4. The Bertz CT molecular complexity index is 288. The Kier molecular flexibility index (Phi) is 7.02. The summed E-state index contributed by atoms with van der Waals surface area (Å²) in [4.78, 5) is 22.4. The third-order valence-corrected chi connectivity index (χ3v) is 2.08. The number of amides is 1. The standard InChI is InChI=1S/C12H21NO4/c1-6-9(4)13-12(15)17-10(5)7-16-11(14)8(2)3/h9-10H,2,6-7H2,1,3-5H3,(H,13,15). The molecule has 0 saturated carbocycles. The Morgan fingerprint density at radius 3 is 2.41 bits per heavy atom. The predicted molar refractivity (Wildman–Crippen MR) is 64.6 cm³/mol. The number of ether oxygens (including phenoxy) is 2.